The number of anilines is 2. The van der Waals surface area contributed by atoms with Gasteiger partial charge in [-0.05, 0) is 37.1 Å². The summed E-state index contributed by atoms with van der Waals surface area (Å²) in [5.74, 6) is -0.366. The number of carbonyl (C=O) groups is 1. The summed E-state index contributed by atoms with van der Waals surface area (Å²) in [5.41, 5.74) is 3.23. The van der Waals surface area contributed by atoms with E-state index in [-0.39, 0.29) is 5.97 Å². The lowest BCUT2D eigenvalue weighted by Gasteiger charge is -2.11. The molecule has 100 valence electrons. The number of esters is 1. The zero-order valence-electron chi connectivity index (χ0n) is 10.8. The zero-order chi connectivity index (χ0) is 14.0. The molecule has 0 aliphatic carbocycles. The number of aryl methyl sites for hydroxylation is 2. The molecule has 0 spiro atoms. The van der Waals surface area contributed by atoms with Crippen molar-refractivity contribution in [2.24, 2.45) is 0 Å². The molecular formula is C13H13BrN2O2S. The number of hydrogen-bond acceptors (Lipinski definition) is 5. The van der Waals surface area contributed by atoms with Crippen molar-refractivity contribution in [2.45, 2.75) is 13.8 Å². The van der Waals surface area contributed by atoms with Crippen LogP contribution in [0.4, 0.5) is 10.8 Å². The third-order valence-electron chi connectivity index (χ3n) is 2.62. The average Bonchev–Trinajstić information content (AvgIpc) is 2.81. The smallest absolute Gasteiger partial charge is 0.349 e. The lowest BCUT2D eigenvalue weighted by Crippen LogP contribution is -1.97. The summed E-state index contributed by atoms with van der Waals surface area (Å²) in [6.07, 6.45) is 1.52. The largest absolute Gasteiger partial charge is 0.465 e. The van der Waals surface area contributed by atoms with Crippen molar-refractivity contribution in [3.05, 3.63) is 38.8 Å². The number of ether oxygens (including phenoxy) is 1. The molecule has 4 nitrogen and oxygen atoms in total. The molecule has 2 rings (SSSR count). The quantitative estimate of drug-likeness (QED) is 0.856. The van der Waals surface area contributed by atoms with Crippen LogP contribution in [0.1, 0.15) is 20.8 Å². The van der Waals surface area contributed by atoms with Gasteiger partial charge < -0.3 is 10.1 Å². The highest BCUT2D eigenvalue weighted by Gasteiger charge is 2.12. The highest BCUT2D eigenvalue weighted by molar-refractivity contribution is 9.10. The van der Waals surface area contributed by atoms with Crippen LogP contribution in [-0.2, 0) is 4.74 Å². The minimum absolute atomic E-state index is 0.366. The Kier molecular flexibility index (Phi) is 4.21. The van der Waals surface area contributed by atoms with Gasteiger partial charge in [0.25, 0.3) is 0 Å². The minimum atomic E-state index is -0.366. The normalized spacial score (nSPS) is 10.3. The molecule has 0 aliphatic rings. The summed E-state index contributed by atoms with van der Waals surface area (Å²) < 4.78 is 5.70. The molecule has 1 heterocycles. The fraction of sp³-hybridized carbons (Fsp3) is 0.231. The van der Waals surface area contributed by atoms with Crippen molar-refractivity contribution in [3.8, 4) is 0 Å². The van der Waals surface area contributed by atoms with E-state index in [1.165, 1.54) is 24.6 Å². The standard InChI is InChI=1S/C13H13BrN2O2S/c1-7-4-9(14)5-8(2)11(7)16-13-15-6-10(19-13)12(17)18-3/h4-6H,1-3H3,(H,15,16). The van der Waals surface area contributed by atoms with Crippen molar-refractivity contribution in [2.75, 3.05) is 12.4 Å². The molecule has 0 saturated heterocycles. The SMILES string of the molecule is COC(=O)c1cnc(Nc2c(C)cc(Br)cc2C)s1. The van der Waals surface area contributed by atoms with E-state index in [1.807, 2.05) is 26.0 Å². The van der Waals surface area contributed by atoms with E-state index in [9.17, 15) is 4.79 Å². The number of thiazole rings is 1. The molecule has 19 heavy (non-hydrogen) atoms. The maximum absolute atomic E-state index is 11.4. The van der Waals surface area contributed by atoms with Crippen LogP contribution < -0.4 is 5.32 Å². The predicted molar refractivity (Wildman–Crippen MR) is 80.4 cm³/mol. The second-order valence-electron chi connectivity index (χ2n) is 4.06. The fourth-order valence-electron chi connectivity index (χ4n) is 1.74. The van der Waals surface area contributed by atoms with E-state index >= 15 is 0 Å². The van der Waals surface area contributed by atoms with E-state index in [1.54, 1.807) is 0 Å². The Hall–Kier alpha value is -1.40. The molecule has 6 heteroatoms. The molecule has 0 unspecified atom stereocenters. The van der Waals surface area contributed by atoms with Crippen molar-refractivity contribution < 1.29 is 9.53 Å². The number of halogens is 1. The second-order valence-corrected chi connectivity index (χ2v) is 6.01. The Bertz CT molecular complexity index is 602. The number of benzene rings is 1. The van der Waals surface area contributed by atoms with Gasteiger partial charge in [-0.3, -0.25) is 0 Å². The Morgan fingerprint density at radius 3 is 2.58 bits per heavy atom. The monoisotopic (exact) mass is 340 g/mol. The van der Waals surface area contributed by atoms with Crippen LogP contribution in [0.25, 0.3) is 0 Å². The number of nitrogens with zero attached hydrogens (tertiary/aromatic N) is 1. The average molecular weight is 341 g/mol. The highest BCUT2D eigenvalue weighted by Crippen LogP contribution is 2.30. The Balaban J connectivity index is 2.27. The highest BCUT2D eigenvalue weighted by atomic mass is 79.9. The molecule has 0 saturated carbocycles. The first kappa shape index (κ1) is 14.0. The third-order valence-corrected chi connectivity index (χ3v) is 3.97. The molecule has 0 amide bonds. The van der Waals surface area contributed by atoms with Crippen LogP contribution >= 0.6 is 27.3 Å². The topological polar surface area (TPSA) is 51.2 Å². The number of aromatic nitrogens is 1. The number of methoxy groups -OCH3 is 1. The lowest BCUT2D eigenvalue weighted by atomic mass is 10.1. The third kappa shape index (κ3) is 3.13. The van der Waals surface area contributed by atoms with Crippen LogP contribution in [0.3, 0.4) is 0 Å². The number of carbonyl (C=O) groups excluding carboxylic acids is 1. The molecule has 0 atom stereocenters. The van der Waals surface area contributed by atoms with Gasteiger partial charge in [-0.1, -0.05) is 27.3 Å². The van der Waals surface area contributed by atoms with E-state index in [0.29, 0.717) is 10.0 Å². The van der Waals surface area contributed by atoms with Gasteiger partial charge in [0.1, 0.15) is 4.88 Å². The summed E-state index contributed by atoms with van der Waals surface area (Å²) in [5, 5.41) is 3.92. The maximum Gasteiger partial charge on any atom is 0.349 e. The van der Waals surface area contributed by atoms with Gasteiger partial charge in [0.05, 0.1) is 13.3 Å². The number of rotatable bonds is 3. The van der Waals surface area contributed by atoms with Crippen LogP contribution in [0.2, 0.25) is 0 Å². The Morgan fingerprint density at radius 2 is 2.00 bits per heavy atom. The minimum Gasteiger partial charge on any atom is -0.465 e. The fourth-order valence-corrected chi connectivity index (χ4v) is 3.17. The lowest BCUT2D eigenvalue weighted by molar-refractivity contribution is 0.0606. The Labute approximate surface area is 124 Å². The maximum atomic E-state index is 11.4. The van der Waals surface area contributed by atoms with Crippen molar-refractivity contribution in [1.82, 2.24) is 4.98 Å². The van der Waals surface area contributed by atoms with Gasteiger partial charge in [-0.2, -0.15) is 0 Å². The number of hydrogen-bond donors (Lipinski definition) is 1. The van der Waals surface area contributed by atoms with Gasteiger partial charge in [0.2, 0.25) is 0 Å². The van der Waals surface area contributed by atoms with E-state index in [4.69, 9.17) is 0 Å². The molecule has 1 aromatic carbocycles. The van der Waals surface area contributed by atoms with Crippen molar-refractivity contribution >= 4 is 44.1 Å². The van der Waals surface area contributed by atoms with Crippen molar-refractivity contribution in [3.63, 3.8) is 0 Å². The van der Waals surface area contributed by atoms with Crippen LogP contribution in [0.15, 0.2) is 22.8 Å². The molecule has 1 aromatic heterocycles. The van der Waals surface area contributed by atoms with Crippen LogP contribution in [-0.4, -0.2) is 18.1 Å². The first-order valence-corrected chi connectivity index (χ1v) is 7.20. The molecule has 2 aromatic rings. The van der Waals surface area contributed by atoms with Gasteiger partial charge in [0.15, 0.2) is 5.13 Å². The Morgan fingerprint density at radius 1 is 1.37 bits per heavy atom. The molecule has 0 fully saturated rings. The van der Waals surface area contributed by atoms with Gasteiger partial charge in [-0.25, -0.2) is 9.78 Å². The van der Waals surface area contributed by atoms with E-state index < -0.39 is 0 Å². The first-order valence-electron chi connectivity index (χ1n) is 5.59. The van der Waals surface area contributed by atoms with Crippen LogP contribution in [0, 0.1) is 13.8 Å². The van der Waals surface area contributed by atoms with Crippen LogP contribution in [0.5, 0.6) is 0 Å². The summed E-state index contributed by atoms with van der Waals surface area (Å²) in [6, 6.07) is 4.06. The molecule has 0 radical (unpaired) electrons. The molecule has 0 aliphatic heterocycles. The predicted octanol–water partition coefficient (Wildman–Crippen LogP) is 4.05. The summed E-state index contributed by atoms with van der Waals surface area (Å²) in [7, 11) is 1.36. The molecule has 1 N–H and O–H groups in total. The van der Waals surface area contributed by atoms with E-state index in [0.717, 1.165) is 21.3 Å². The van der Waals surface area contributed by atoms with Gasteiger partial charge in [0, 0.05) is 10.2 Å². The number of nitrogens with one attached hydrogen (secondary N) is 1. The first-order chi connectivity index (χ1) is 9.01. The summed E-state index contributed by atoms with van der Waals surface area (Å²) in [4.78, 5) is 16.0. The van der Waals surface area contributed by atoms with Gasteiger partial charge >= 0.3 is 5.97 Å². The zero-order valence-corrected chi connectivity index (χ0v) is 13.2. The summed E-state index contributed by atoms with van der Waals surface area (Å²) in [6.45, 7) is 4.05. The second kappa shape index (κ2) is 5.71. The van der Waals surface area contributed by atoms with Crippen molar-refractivity contribution in [1.29, 1.82) is 0 Å². The summed E-state index contributed by atoms with van der Waals surface area (Å²) >= 11 is 4.74. The van der Waals surface area contributed by atoms with E-state index in [2.05, 4.69) is 31.0 Å². The van der Waals surface area contributed by atoms with Gasteiger partial charge in [-0.15, -0.1) is 0 Å². The molecular weight excluding hydrogens is 328 g/mol. The molecule has 0 bridgehead atoms.